The van der Waals surface area contributed by atoms with Crippen LogP contribution in [0.3, 0.4) is 0 Å². The monoisotopic (exact) mass is 376 g/mol. The van der Waals surface area contributed by atoms with Crippen LogP contribution in [-0.2, 0) is 4.79 Å². The number of Topliss-reactive ketones (excluding diaryl/α,β-unsaturated/α-hetero) is 1. The molecule has 0 aromatic heterocycles. The van der Waals surface area contributed by atoms with Crippen molar-refractivity contribution in [1.29, 1.82) is 0 Å². The number of hydrogen-bond acceptors (Lipinski definition) is 2. The molecule has 0 saturated carbocycles. The molecule has 0 spiro atoms. The van der Waals surface area contributed by atoms with Crippen molar-refractivity contribution in [2.24, 2.45) is 0 Å². The lowest BCUT2D eigenvalue weighted by Gasteiger charge is -2.29. The summed E-state index contributed by atoms with van der Waals surface area (Å²) in [6.45, 7) is 1.41. The predicted molar refractivity (Wildman–Crippen MR) is 81.8 cm³/mol. The Labute approximate surface area is 134 Å². The van der Waals surface area contributed by atoms with Crippen LogP contribution in [0.15, 0.2) is 40.0 Å². The van der Waals surface area contributed by atoms with E-state index in [2.05, 4.69) is 26.6 Å². The fourth-order valence-corrected chi connectivity index (χ4v) is 2.66. The van der Waals surface area contributed by atoms with Crippen LogP contribution in [-0.4, -0.2) is 16.7 Å². The molecule has 1 aromatic carbocycles. The van der Waals surface area contributed by atoms with E-state index in [1.165, 1.54) is 6.92 Å². The van der Waals surface area contributed by atoms with Gasteiger partial charge in [0.25, 0.3) is 0 Å². The molecule has 2 amide bonds. The van der Waals surface area contributed by atoms with Gasteiger partial charge < -0.3 is 10.6 Å². The second kappa shape index (κ2) is 6.16. The number of benzene rings is 1. The first kappa shape index (κ1) is 15.4. The molecule has 1 aromatic rings. The summed E-state index contributed by atoms with van der Waals surface area (Å²) >= 11 is 15.0. The van der Waals surface area contributed by atoms with Crippen molar-refractivity contribution >= 4 is 50.9 Å². The minimum absolute atomic E-state index is 0.202. The number of carbonyl (C=O) groups excluding carboxylic acids is 2. The minimum atomic E-state index is -0.974. The topological polar surface area (TPSA) is 58.2 Å². The van der Waals surface area contributed by atoms with E-state index in [9.17, 15) is 9.59 Å². The number of ketones is 1. The molecule has 2 rings (SSSR count). The maximum Gasteiger partial charge on any atom is 0.319 e. The first-order valence-corrected chi connectivity index (χ1v) is 7.43. The largest absolute Gasteiger partial charge is 0.327 e. The number of nitrogens with one attached hydrogen (secondary N) is 2. The predicted octanol–water partition coefficient (Wildman–Crippen LogP) is 3.45. The summed E-state index contributed by atoms with van der Waals surface area (Å²) in [5, 5.41) is 5.20. The van der Waals surface area contributed by atoms with E-state index in [0.717, 1.165) is 10.0 Å². The van der Waals surface area contributed by atoms with Gasteiger partial charge in [-0.15, -0.1) is 0 Å². The maximum absolute atomic E-state index is 11.9. The van der Waals surface area contributed by atoms with Crippen molar-refractivity contribution < 1.29 is 9.59 Å². The summed E-state index contributed by atoms with van der Waals surface area (Å²) in [4.78, 5) is 22.6. The molecule has 0 radical (unpaired) electrons. The van der Waals surface area contributed by atoms with Gasteiger partial charge in [0.2, 0.25) is 0 Å². The van der Waals surface area contributed by atoms with Crippen molar-refractivity contribution in [1.82, 2.24) is 10.6 Å². The molecular formula is C13H11BrCl2N2O2. The van der Waals surface area contributed by atoms with Crippen LogP contribution in [0.1, 0.15) is 18.5 Å². The standard InChI is InChI=1S/C13H11BrCl2N2O2/c1-6(19)9-10(7-2-4-8(14)5-3-7)17-13(20)18-11(9)12(15)16/h2-5,10,12H,1H3,(H2,17,18,20). The summed E-state index contributed by atoms with van der Waals surface area (Å²) in [6, 6.07) is 6.30. The van der Waals surface area contributed by atoms with Gasteiger partial charge in [0.15, 0.2) is 5.78 Å². The SMILES string of the molecule is CC(=O)C1=C(C(Cl)Cl)NC(=O)NC1c1ccc(Br)cc1. The fourth-order valence-electron chi connectivity index (χ4n) is 2.05. The Balaban J connectivity index is 2.53. The Kier molecular flexibility index (Phi) is 4.73. The molecule has 1 aliphatic heterocycles. The number of urea groups is 1. The van der Waals surface area contributed by atoms with E-state index in [1.807, 2.05) is 24.3 Å². The lowest BCUT2D eigenvalue weighted by Crippen LogP contribution is -2.46. The van der Waals surface area contributed by atoms with E-state index in [0.29, 0.717) is 5.57 Å². The van der Waals surface area contributed by atoms with E-state index in [1.54, 1.807) is 0 Å². The molecule has 1 heterocycles. The third kappa shape index (κ3) is 3.16. The second-order valence-electron chi connectivity index (χ2n) is 4.27. The number of carbonyl (C=O) groups is 2. The highest BCUT2D eigenvalue weighted by Gasteiger charge is 2.32. The van der Waals surface area contributed by atoms with Crippen LogP contribution in [0.5, 0.6) is 0 Å². The van der Waals surface area contributed by atoms with E-state index in [-0.39, 0.29) is 11.5 Å². The van der Waals surface area contributed by atoms with Crippen LogP contribution < -0.4 is 10.6 Å². The zero-order chi connectivity index (χ0) is 14.9. The quantitative estimate of drug-likeness (QED) is 0.792. The van der Waals surface area contributed by atoms with E-state index >= 15 is 0 Å². The lowest BCUT2D eigenvalue weighted by atomic mass is 9.93. The third-order valence-electron chi connectivity index (χ3n) is 2.90. The number of hydrogen-bond donors (Lipinski definition) is 2. The van der Waals surface area contributed by atoms with Gasteiger partial charge in [-0.3, -0.25) is 4.79 Å². The highest BCUT2D eigenvalue weighted by Crippen LogP contribution is 2.31. The molecule has 0 aliphatic carbocycles. The van der Waals surface area contributed by atoms with Crippen molar-refractivity contribution in [2.75, 3.05) is 0 Å². The van der Waals surface area contributed by atoms with Crippen LogP contribution in [0.25, 0.3) is 0 Å². The average molecular weight is 378 g/mol. The average Bonchev–Trinajstić information content (AvgIpc) is 2.38. The Hall–Kier alpha value is -1.04. The Morgan fingerprint density at radius 2 is 1.90 bits per heavy atom. The first-order chi connectivity index (χ1) is 9.40. The van der Waals surface area contributed by atoms with Crippen molar-refractivity contribution in [3.05, 3.63) is 45.6 Å². The molecule has 1 unspecified atom stereocenters. The lowest BCUT2D eigenvalue weighted by molar-refractivity contribution is -0.114. The van der Waals surface area contributed by atoms with E-state index in [4.69, 9.17) is 23.2 Å². The summed E-state index contributed by atoms with van der Waals surface area (Å²) < 4.78 is 0.905. The molecule has 0 bridgehead atoms. The molecule has 1 aliphatic rings. The van der Waals surface area contributed by atoms with Crippen LogP contribution in [0.4, 0.5) is 4.79 Å². The van der Waals surface area contributed by atoms with Crippen molar-refractivity contribution in [3.8, 4) is 0 Å². The highest BCUT2D eigenvalue weighted by molar-refractivity contribution is 9.10. The number of halogens is 3. The molecule has 2 N–H and O–H groups in total. The minimum Gasteiger partial charge on any atom is -0.327 e. The van der Waals surface area contributed by atoms with Crippen molar-refractivity contribution in [2.45, 2.75) is 17.8 Å². The van der Waals surface area contributed by atoms with E-state index < -0.39 is 16.9 Å². The fraction of sp³-hybridized carbons (Fsp3) is 0.231. The summed E-state index contributed by atoms with van der Waals surface area (Å²) in [6.07, 6.45) is 0. The zero-order valence-corrected chi connectivity index (χ0v) is 13.5. The van der Waals surface area contributed by atoms with Gasteiger partial charge in [-0.05, 0) is 24.6 Å². The normalized spacial score (nSPS) is 18.9. The van der Waals surface area contributed by atoms with Gasteiger partial charge in [0, 0.05) is 10.0 Å². The first-order valence-electron chi connectivity index (χ1n) is 5.76. The molecule has 20 heavy (non-hydrogen) atoms. The van der Waals surface area contributed by atoms with Crippen molar-refractivity contribution in [3.63, 3.8) is 0 Å². The molecule has 4 nitrogen and oxygen atoms in total. The summed E-state index contributed by atoms with van der Waals surface area (Å²) in [5.41, 5.74) is 1.37. The molecule has 106 valence electrons. The van der Waals surface area contributed by atoms with Gasteiger partial charge in [0.05, 0.1) is 11.7 Å². The number of allylic oxidation sites excluding steroid dienone is 1. The summed E-state index contributed by atoms with van der Waals surface area (Å²) in [5.74, 6) is -0.202. The molecule has 1 atom stereocenters. The maximum atomic E-state index is 11.9. The van der Waals surface area contributed by atoms with Gasteiger partial charge in [-0.25, -0.2) is 4.79 Å². The molecule has 0 fully saturated rings. The van der Waals surface area contributed by atoms with Gasteiger partial charge >= 0.3 is 6.03 Å². The Bertz CT molecular complexity index is 585. The Morgan fingerprint density at radius 3 is 2.40 bits per heavy atom. The Morgan fingerprint density at radius 1 is 1.30 bits per heavy atom. The molecule has 7 heteroatoms. The zero-order valence-electron chi connectivity index (χ0n) is 10.4. The van der Waals surface area contributed by atoms with Gasteiger partial charge in [-0.1, -0.05) is 51.3 Å². The number of amides is 2. The number of alkyl halides is 2. The van der Waals surface area contributed by atoms with Crippen LogP contribution in [0, 0.1) is 0 Å². The van der Waals surface area contributed by atoms with Crippen LogP contribution >= 0.6 is 39.1 Å². The summed E-state index contributed by atoms with van der Waals surface area (Å²) in [7, 11) is 0. The molecular weight excluding hydrogens is 367 g/mol. The van der Waals surface area contributed by atoms with Gasteiger partial charge in [-0.2, -0.15) is 0 Å². The highest BCUT2D eigenvalue weighted by atomic mass is 79.9. The number of rotatable bonds is 3. The van der Waals surface area contributed by atoms with Gasteiger partial charge in [0.1, 0.15) is 4.84 Å². The van der Waals surface area contributed by atoms with Crippen LogP contribution in [0.2, 0.25) is 0 Å². The smallest absolute Gasteiger partial charge is 0.319 e. The molecule has 0 saturated heterocycles. The third-order valence-corrected chi connectivity index (χ3v) is 3.87. The second-order valence-corrected chi connectivity index (χ2v) is 6.28.